The van der Waals surface area contributed by atoms with E-state index in [0.29, 0.717) is 18.9 Å². The van der Waals surface area contributed by atoms with E-state index in [1.165, 1.54) is 6.20 Å². The summed E-state index contributed by atoms with van der Waals surface area (Å²) in [5.41, 5.74) is 8.72. The Labute approximate surface area is 153 Å². The highest BCUT2D eigenvalue weighted by Gasteiger charge is 2.27. The van der Waals surface area contributed by atoms with Crippen LogP contribution in [0.25, 0.3) is 0 Å². The fraction of sp³-hybridized carbons (Fsp3) is 0.500. The van der Waals surface area contributed by atoms with Crippen molar-refractivity contribution in [1.82, 2.24) is 14.5 Å². The Bertz CT molecular complexity index is 888. The molecule has 0 amide bonds. The maximum Gasteiger partial charge on any atom is 0.244 e. The van der Waals surface area contributed by atoms with Gasteiger partial charge in [-0.2, -0.15) is 5.10 Å². The molecule has 1 unspecified atom stereocenters. The molecule has 8 heteroatoms. The standard InChI is InChI=1S/C18H24N4O3S/c19-14-4-5-17-13(10-14)2-1-3-18(17)21-26(23,24)16-11-20-22(12-16)15-6-8-25-9-7-15/h4-5,10-12,15,18,21H,1-3,6-9,19H2. The first kappa shape index (κ1) is 17.5. The van der Waals surface area contributed by atoms with Crippen molar-refractivity contribution in [2.45, 2.75) is 49.1 Å². The molecule has 3 N–H and O–H groups in total. The molecule has 0 bridgehead atoms. The van der Waals surface area contributed by atoms with Crippen LogP contribution in [-0.4, -0.2) is 31.4 Å². The van der Waals surface area contributed by atoms with Gasteiger partial charge in [0.1, 0.15) is 4.90 Å². The zero-order valence-corrected chi connectivity index (χ0v) is 15.4. The van der Waals surface area contributed by atoms with E-state index in [4.69, 9.17) is 10.5 Å². The lowest BCUT2D eigenvalue weighted by atomic mass is 9.88. The molecule has 2 heterocycles. The van der Waals surface area contributed by atoms with E-state index in [9.17, 15) is 8.42 Å². The van der Waals surface area contributed by atoms with Gasteiger partial charge in [-0.05, 0) is 55.4 Å². The number of nitrogens with zero attached hydrogens (tertiary/aromatic N) is 2. The van der Waals surface area contributed by atoms with E-state index in [1.54, 1.807) is 10.9 Å². The highest BCUT2D eigenvalue weighted by Crippen LogP contribution is 2.32. The minimum Gasteiger partial charge on any atom is -0.399 e. The average molecular weight is 376 g/mol. The maximum atomic E-state index is 12.9. The predicted molar refractivity (Wildman–Crippen MR) is 98.2 cm³/mol. The van der Waals surface area contributed by atoms with Crippen molar-refractivity contribution in [3.8, 4) is 0 Å². The SMILES string of the molecule is Nc1ccc2c(c1)CCCC2NS(=O)(=O)c1cnn(C2CCOCC2)c1. The summed E-state index contributed by atoms with van der Waals surface area (Å²) in [5, 5.41) is 4.28. The molecular weight excluding hydrogens is 352 g/mol. The zero-order valence-electron chi connectivity index (χ0n) is 14.6. The van der Waals surface area contributed by atoms with Crippen LogP contribution in [0.5, 0.6) is 0 Å². The summed E-state index contributed by atoms with van der Waals surface area (Å²) in [6.07, 6.45) is 7.42. The average Bonchev–Trinajstić information content (AvgIpc) is 3.13. The van der Waals surface area contributed by atoms with Crippen LogP contribution >= 0.6 is 0 Å². The Balaban J connectivity index is 1.54. The Morgan fingerprint density at radius 3 is 2.85 bits per heavy atom. The first-order chi connectivity index (χ1) is 12.5. The quantitative estimate of drug-likeness (QED) is 0.797. The molecule has 140 valence electrons. The van der Waals surface area contributed by atoms with Crippen LogP contribution in [-0.2, 0) is 21.2 Å². The highest BCUT2D eigenvalue weighted by atomic mass is 32.2. The summed E-state index contributed by atoms with van der Waals surface area (Å²) < 4.78 is 35.7. The van der Waals surface area contributed by atoms with Gasteiger partial charge in [0.25, 0.3) is 0 Å². The van der Waals surface area contributed by atoms with Gasteiger partial charge < -0.3 is 10.5 Å². The van der Waals surface area contributed by atoms with Crippen LogP contribution in [0, 0.1) is 0 Å². The van der Waals surface area contributed by atoms with Crippen molar-refractivity contribution in [2.75, 3.05) is 18.9 Å². The summed E-state index contributed by atoms with van der Waals surface area (Å²) in [4.78, 5) is 0.214. The third-order valence-electron chi connectivity index (χ3n) is 5.23. The van der Waals surface area contributed by atoms with E-state index in [-0.39, 0.29) is 17.0 Å². The molecule has 0 radical (unpaired) electrons. The number of rotatable bonds is 4. The summed E-state index contributed by atoms with van der Waals surface area (Å²) in [5.74, 6) is 0. The van der Waals surface area contributed by atoms with Crippen LogP contribution < -0.4 is 10.5 Å². The van der Waals surface area contributed by atoms with Gasteiger partial charge in [0.15, 0.2) is 0 Å². The van der Waals surface area contributed by atoms with Gasteiger partial charge >= 0.3 is 0 Å². The number of nitrogens with one attached hydrogen (secondary N) is 1. The Morgan fingerprint density at radius 2 is 2.04 bits per heavy atom. The van der Waals surface area contributed by atoms with Crippen LogP contribution in [0.2, 0.25) is 0 Å². The van der Waals surface area contributed by atoms with Gasteiger partial charge in [-0.3, -0.25) is 4.68 Å². The molecule has 1 fully saturated rings. The van der Waals surface area contributed by atoms with Gasteiger partial charge in [-0.25, -0.2) is 13.1 Å². The van der Waals surface area contributed by atoms with E-state index in [1.807, 2.05) is 18.2 Å². The van der Waals surface area contributed by atoms with E-state index < -0.39 is 10.0 Å². The van der Waals surface area contributed by atoms with Crippen molar-refractivity contribution in [1.29, 1.82) is 0 Å². The molecule has 1 aliphatic carbocycles. The normalized spacial score (nSPS) is 21.5. The van der Waals surface area contributed by atoms with Gasteiger partial charge in [-0.1, -0.05) is 6.07 Å². The van der Waals surface area contributed by atoms with Crippen molar-refractivity contribution in [3.63, 3.8) is 0 Å². The number of sulfonamides is 1. The molecular formula is C18H24N4O3S. The molecule has 0 spiro atoms. The lowest BCUT2D eigenvalue weighted by Crippen LogP contribution is -2.31. The summed E-state index contributed by atoms with van der Waals surface area (Å²) in [6, 6.07) is 5.68. The molecule has 7 nitrogen and oxygen atoms in total. The monoisotopic (exact) mass is 376 g/mol. The minimum atomic E-state index is -3.63. The Kier molecular flexibility index (Phi) is 4.73. The van der Waals surface area contributed by atoms with Gasteiger partial charge in [-0.15, -0.1) is 0 Å². The molecule has 4 rings (SSSR count). The number of hydrogen-bond donors (Lipinski definition) is 2. The molecule has 1 aromatic carbocycles. The Morgan fingerprint density at radius 1 is 1.23 bits per heavy atom. The second-order valence-corrected chi connectivity index (χ2v) is 8.74. The minimum absolute atomic E-state index is 0.200. The molecule has 1 atom stereocenters. The zero-order chi connectivity index (χ0) is 18.1. The van der Waals surface area contributed by atoms with Crippen molar-refractivity contribution in [3.05, 3.63) is 41.7 Å². The number of nitrogens with two attached hydrogens (primary N) is 1. The maximum absolute atomic E-state index is 12.9. The fourth-order valence-corrected chi connectivity index (χ4v) is 5.01. The molecule has 2 aromatic rings. The van der Waals surface area contributed by atoms with E-state index in [0.717, 1.165) is 43.2 Å². The number of aryl methyl sites for hydroxylation is 1. The largest absolute Gasteiger partial charge is 0.399 e. The highest BCUT2D eigenvalue weighted by molar-refractivity contribution is 7.89. The van der Waals surface area contributed by atoms with Crippen molar-refractivity contribution >= 4 is 15.7 Å². The second-order valence-electron chi connectivity index (χ2n) is 7.02. The first-order valence-electron chi connectivity index (χ1n) is 9.05. The smallest absolute Gasteiger partial charge is 0.244 e. The van der Waals surface area contributed by atoms with Crippen LogP contribution in [0.3, 0.4) is 0 Å². The lowest BCUT2D eigenvalue weighted by Gasteiger charge is -2.26. The summed E-state index contributed by atoms with van der Waals surface area (Å²) >= 11 is 0. The van der Waals surface area contributed by atoms with Crippen molar-refractivity contribution in [2.24, 2.45) is 0 Å². The first-order valence-corrected chi connectivity index (χ1v) is 10.5. The molecule has 1 aromatic heterocycles. The second kappa shape index (κ2) is 7.02. The number of fused-ring (bicyclic) bond motifs is 1. The number of nitrogen functional groups attached to an aromatic ring is 1. The predicted octanol–water partition coefficient (Wildman–Crippen LogP) is 2.17. The molecule has 1 saturated heterocycles. The summed E-state index contributed by atoms with van der Waals surface area (Å²) in [7, 11) is -3.63. The number of hydrogen-bond acceptors (Lipinski definition) is 5. The third kappa shape index (κ3) is 3.49. The summed E-state index contributed by atoms with van der Waals surface area (Å²) in [6.45, 7) is 1.37. The van der Waals surface area contributed by atoms with Crippen LogP contribution in [0.4, 0.5) is 5.69 Å². The van der Waals surface area contributed by atoms with Gasteiger partial charge in [0, 0.05) is 31.1 Å². The van der Waals surface area contributed by atoms with Gasteiger partial charge in [0.2, 0.25) is 10.0 Å². The molecule has 1 aliphatic heterocycles. The van der Waals surface area contributed by atoms with Crippen LogP contribution in [0.15, 0.2) is 35.5 Å². The number of benzene rings is 1. The van der Waals surface area contributed by atoms with E-state index >= 15 is 0 Å². The Hall–Kier alpha value is -1.90. The van der Waals surface area contributed by atoms with E-state index in [2.05, 4.69) is 9.82 Å². The number of anilines is 1. The van der Waals surface area contributed by atoms with Gasteiger partial charge in [0.05, 0.1) is 12.2 Å². The van der Waals surface area contributed by atoms with Crippen LogP contribution in [0.1, 0.15) is 48.9 Å². The molecule has 26 heavy (non-hydrogen) atoms. The third-order valence-corrected chi connectivity index (χ3v) is 6.66. The number of ether oxygens (including phenoxy) is 1. The molecule has 2 aliphatic rings. The topological polar surface area (TPSA) is 99.2 Å². The lowest BCUT2D eigenvalue weighted by molar-refractivity contribution is 0.0662. The number of aromatic nitrogens is 2. The fourth-order valence-electron chi connectivity index (χ4n) is 3.82. The molecule has 0 saturated carbocycles. The van der Waals surface area contributed by atoms with Crippen molar-refractivity contribution < 1.29 is 13.2 Å².